The summed E-state index contributed by atoms with van der Waals surface area (Å²) in [5, 5.41) is 13.8. The number of benzene rings is 2. The van der Waals surface area contributed by atoms with E-state index < -0.39 is 11.6 Å². The zero-order valence-electron chi connectivity index (χ0n) is 16.8. The van der Waals surface area contributed by atoms with E-state index in [1.807, 2.05) is 19.9 Å². The Morgan fingerprint density at radius 2 is 1.62 bits per heavy atom. The number of carbonyl (C=O) groups is 2. The molecule has 2 aromatic rings. The monoisotopic (exact) mass is 398 g/mol. The largest absolute Gasteiger partial charge is 0.385 e. The Balaban J connectivity index is 1.65. The number of hydrogen-bond acceptors (Lipinski definition) is 3. The molecule has 0 spiro atoms. The average molecular weight is 398 g/mol. The van der Waals surface area contributed by atoms with Gasteiger partial charge >= 0.3 is 0 Å². The number of nitrogens with zero attached hydrogens (tertiary/aromatic N) is 1. The standard InChI is InChI=1S/C23H27FN2O3/c1-16(2)20(25-21(27)17-6-4-3-5-7-17)22(28)26-14-12-23(29,13-15-26)18-8-10-19(24)11-9-18/h3-11,16,20,29H,12-15H2,1-2H3,(H,25,27). The summed E-state index contributed by atoms with van der Waals surface area (Å²) in [6.45, 7) is 4.54. The molecule has 1 fully saturated rings. The second-order valence-corrected chi connectivity index (χ2v) is 7.92. The lowest BCUT2D eigenvalue weighted by molar-refractivity contribution is -0.138. The molecule has 1 aliphatic heterocycles. The van der Waals surface area contributed by atoms with Crippen molar-refractivity contribution in [2.75, 3.05) is 13.1 Å². The van der Waals surface area contributed by atoms with Crippen molar-refractivity contribution >= 4 is 11.8 Å². The van der Waals surface area contributed by atoms with Crippen molar-refractivity contribution in [1.29, 1.82) is 0 Å². The van der Waals surface area contributed by atoms with Crippen LogP contribution in [0.2, 0.25) is 0 Å². The Morgan fingerprint density at radius 3 is 2.17 bits per heavy atom. The highest BCUT2D eigenvalue weighted by Gasteiger charge is 2.38. The summed E-state index contributed by atoms with van der Waals surface area (Å²) in [5.41, 5.74) is 0.0875. The number of carbonyl (C=O) groups excluding carboxylic acids is 2. The number of nitrogens with one attached hydrogen (secondary N) is 1. The van der Waals surface area contributed by atoms with Crippen LogP contribution < -0.4 is 5.32 Å². The fourth-order valence-electron chi connectivity index (χ4n) is 3.67. The molecule has 3 rings (SSSR count). The first-order chi connectivity index (χ1) is 13.8. The van der Waals surface area contributed by atoms with Gasteiger partial charge in [-0.25, -0.2) is 4.39 Å². The van der Waals surface area contributed by atoms with Gasteiger partial charge in [-0.1, -0.05) is 44.2 Å². The lowest BCUT2D eigenvalue weighted by Crippen LogP contribution is -2.54. The average Bonchev–Trinajstić information content (AvgIpc) is 2.72. The van der Waals surface area contributed by atoms with E-state index in [1.165, 1.54) is 12.1 Å². The van der Waals surface area contributed by atoms with Crippen LogP contribution in [0.4, 0.5) is 4.39 Å². The quantitative estimate of drug-likeness (QED) is 0.813. The van der Waals surface area contributed by atoms with E-state index in [-0.39, 0.29) is 23.5 Å². The van der Waals surface area contributed by atoms with Crippen LogP contribution in [0, 0.1) is 11.7 Å². The molecular weight excluding hydrogens is 371 g/mol. The fourth-order valence-corrected chi connectivity index (χ4v) is 3.67. The van der Waals surface area contributed by atoms with E-state index in [1.54, 1.807) is 41.3 Å². The van der Waals surface area contributed by atoms with Gasteiger partial charge in [0.25, 0.3) is 5.91 Å². The van der Waals surface area contributed by atoms with Gasteiger partial charge in [0, 0.05) is 18.7 Å². The van der Waals surface area contributed by atoms with Gasteiger partial charge in [-0.15, -0.1) is 0 Å². The summed E-state index contributed by atoms with van der Waals surface area (Å²) in [6, 6.07) is 14.0. The van der Waals surface area contributed by atoms with Crippen molar-refractivity contribution in [2.24, 2.45) is 5.92 Å². The molecule has 29 heavy (non-hydrogen) atoms. The SMILES string of the molecule is CC(C)C(NC(=O)c1ccccc1)C(=O)N1CCC(O)(c2ccc(F)cc2)CC1. The summed E-state index contributed by atoms with van der Waals surface area (Å²) < 4.78 is 13.2. The Hall–Kier alpha value is -2.73. The Morgan fingerprint density at radius 1 is 1.03 bits per heavy atom. The van der Waals surface area contributed by atoms with E-state index in [2.05, 4.69) is 5.32 Å². The van der Waals surface area contributed by atoms with Gasteiger partial charge < -0.3 is 15.3 Å². The third-order valence-electron chi connectivity index (χ3n) is 5.54. The van der Waals surface area contributed by atoms with Crippen LogP contribution in [0.5, 0.6) is 0 Å². The van der Waals surface area contributed by atoms with Gasteiger partial charge in [0.2, 0.25) is 5.91 Å². The molecule has 2 N–H and O–H groups in total. The molecule has 5 nitrogen and oxygen atoms in total. The van der Waals surface area contributed by atoms with Crippen LogP contribution in [0.1, 0.15) is 42.6 Å². The van der Waals surface area contributed by atoms with Crippen molar-refractivity contribution in [3.8, 4) is 0 Å². The molecule has 0 bridgehead atoms. The normalized spacial score (nSPS) is 17.1. The summed E-state index contributed by atoms with van der Waals surface area (Å²) in [6.07, 6.45) is 0.726. The van der Waals surface area contributed by atoms with Crippen LogP contribution in [0.3, 0.4) is 0 Å². The highest BCUT2D eigenvalue weighted by Crippen LogP contribution is 2.33. The highest BCUT2D eigenvalue weighted by molar-refractivity contribution is 5.97. The maximum Gasteiger partial charge on any atom is 0.251 e. The van der Waals surface area contributed by atoms with Crippen LogP contribution in [0.15, 0.2) is 54.6 Å². The maximum absolute atomic E-state index is 13.2. The zero-order chi connectivity index (χ0) is 21.0. The van der Waals surface area contributed by atoms with Crippen molar-refractivity contribution in [2.45, 2.75) is 38.3 Å². The molecule has 1 atom stereocenters. The molecule has 2 aromatic carbocycles. The minimum absolute atomic E-state index is 0.0759. The summed E-state index contributed by atoms with van der Waals surface area (Å²) >= 11 is 0. The number of halogens is 1. The number of likely N-dealkylation sites (tertiary alicyclic amines) is 1. The van der Waals surface area contributed by atoms with Crippen LogP contribution in [-0.2, 0) is 10.4 Å². The number of hydrogen-bond donors (Lipinski definition) is 2. The van der Waals surface area contributed by atoms with E-state index in [9.17, 15) is 19.1 Å². The molecular formula is C23H27FN2O3. The minimum Gasteiger partial charge on any atom is -0.385 e. The summed E-state index contributed by atoms with van der Waals surface area (Å²) in [5.74, 6) is -0.852. The van der Waals surface area contributed by atoms with Gasteiger partial charge in [0.05, 0.1) is 5.60 Å². The first kappa shape index (κ1) is 21.0. The molecule has 1 saturated heterocycles. The van der Waals surface area contributed by atoms with E-state index in [0.717, 1.165) is 0 Å². The van der Waals surface area contributed by atoms with E-state index in [4.69, 9.17) is 0 Å². The number of aliphatic hydroxyl groups is 1. The van der Waals surface area contributed by atoms with E-state index >= 15 is 0 Å². The van der Waals surface area contributed by atoms with Gasteiger partial charge in [0.15, 0.2) is 0 Å². The van der Waals surface area contributed by atoms with Crippen LogP contribution >= 0.6 is 0 Å². The predicted molar refractivity (Wildman–Crippen MR) is 109 cm³/mol. The minimum atomic E-state index is -1.08. The Labute approximate surface area is 170 Å². The van der Waals surface area contributed by atoms with Crippen LogP contribution in [0.25, 0.3) is 0 Å². The van der Waals surface area contributed by atoms with Crippen molar-refractivity contribution < 1.29 is 19.1 Å². The Kier molecular flexibility index (Phi) is 6.33. The van der Waals surface area contributed by atoms with Gasteiger partial charge in [0.1, 0.15) is 11.9 Å². The topological polar surface area (TPSA) is 69.6 Å². The van der Waals surface area contributed by atoms with Gasteiger partial charge in [-0.05, 0) is 48.6 Å². The summed E-state index contributed by atoms with van der Waals surface area (Å²) in [7, 11) is 0. The molecule has 1 unspecified atom stereocenters. The van der Waals surface area contributed by atoms with Crippen molar-refractivity contribution in [3.63, 3.8) is 0 Å². The molecule has 6 heteroatoms. The van der Waals surface area contributed by atoms with Gasteiger partial charge in [-0.3, -0.25) is 9.59 Å². The van der Waals surface area contributed by atoms with E-state index in [0.29, 0.717) is 37.1 Å². The molecule has 1 aliphatic rings. The van der Waals surface area contributed by atoms with Crippen molar-refractivity contribution in [3.05, 3.63) is 71.5 Å². The molecule has 154 valence electrons. The predicted octanol–water partition coefficient (Wildman–Crippen LogP) is 3.09. The lowest BCUT2D eigenvalue weighted by Gasteiger charge is -2.40. The second-order valence-electron chi connectivity index (χ2n) is 7.92. The smallest absolute Gasteiger partial charge is 0.251 e. The maximum atomic E-state index is 13.2. The molecule has 2 amide bonds. The molecule has 0 saturated carbocycles. The lowest BCUT2D eigenvalue weighted by atomic mass is 9.84. The first-order valence-electron chi connectivity index (χ1n) is 9.93. The molecule has 0 aromatic heterocycles. The third kappa shape index (κ3) is 4.82. The molecule has 1 heterocycles. The zero-order valence-corrected chi connectivity index (χ0v) is 16.8. The highest BCUT2D eigenvalue weighted by atomic mass is 19.1. The fraction of sp³-hybridized carbons (Fsp3) is 0.391. The number of piperidine rings is 1. The van der Waals surface area contributed by atoms with Crippen molar-refractivity contribution in [1.82, 2.24) is 10.2 Å². The molecule has 0 radical (unpaired) electrons. The second kappa shape index (κ2) is 8.74. The molecule has 0 aliphatic carbocycles. The van der Waals surface area contributed by atoms with Crippen LogP contribution in [-0.4, -0.2) is 41.0 Å². The first-order valence-corrected chi connectivity index (χ1v) is 9.93. The summed E-state index contributed by atoms with van der Waals surface area (Å²) in [4.78, 5) is 27.3. The number of rotatable bonds is 5. The van der Waals surface area contributed by atoms with Gasteiger partial charge in [-0.2, -0.15) is 0 Å². The Bertz CT molecular complexity index is 844. The third-order valence-corrected chi connectivity index (χ3v) is 5.54. The number of amides is 2.